The zero-order valence-corrected chi connectivity index (χ0v) is 12.2. The summed E-state index contributed by atoms with van der Waals surface area (Å²) >= 11 is 0. The highest BCUT2D eigenvalue weighted by Gasteiger charge is 2.26. The molecule has 17 heavy (non-hydrogen) atoms. The maximum Gasteiger partial charge on any atom is 0.214 e. The Balaban J connectivity index is 2.40. The van der Waals surface area contributed by atoms with Gasteiger partial charge in [0.25, 0.3) is 0 Å². The molecule has 0 aliphatic carbocycles. The average molecular weight is 262 g/mol. The molecule has 5 heteroatoms. The minimum absolute atomic E-state index is 0.313. The van der Waals surface area contributed by atoms with Crippen molar-refractivity contribution >= 4 is 10.0 Å². The summed E-state index contributed by atoms with van der Waals surface area (Å²) in [6, 6.07) is 0. The van der Waals surface area contributed by atoms with Crippen LogP contribution in [0, 0.1) is 5.92 Å². The summed E-state index contributed by atoms with van der Waals surface area (Å²) in [6.07, 6.45) is 1.71. The average Bonchev–Trinajstić information content (AvgIpc) is 2.26. The summed E-state index contributed by atoms with van der Waals surface area (Å²) in [5.74, 6) is 0.964. The summed E-state index contributed by atoms with van der Waals surface area (Å²) in [5.41, 5.74) is 0. The van der Waals surface area contributed by atoms with Crippen LogP contribution in [0.3, 0.4) is 0 Å². The van der Waals surface area contributed by atoms with Gasteiger partial charge in [-0.05, 0) is 12.3 Å². The molecule has 0 spiro atoms. The smallest absolute Gasteiger partial charge is 0.214 e. The first-order valence-electron chi connectivity index (χ1n) is 6.66. The number of piperazine rings is 1. The van der Waals surface area contributed by atoms with Crippen molar-refractivity contribution in [2.45, 2.75) is 33.6 Å². The van der Waals surface area contributed by atoms with E-state index in [-0.39, 0.29) is 0 Å². The summed E-state index contributed by atoms with van der Waals surface area (Å²) in [5, 5.41) is 0. The van der Waals surface area contributed by atoms with Gasteiger partial charge in [0.1, 0.15) is 0 Å². The van der Waals surface area contributed by atoms with Gasteiger partial charge in [0.2, 0.25) is 10.0 Å². The first-order valence-corrected chi connectivity index (χ1v) is 8.26. The highest BCUT2D eigenvalue weighted by Crippen LogP contribution is 2.11. The topological polar surface area (TPSA) is 40.6 Å². The third-order valence-corrected chi connectivity index (χ3v) is 5.06. The van der Waals surface area contributed by atoms with E-state index < -0.39 is 10.0 Å². The second-order valence-electron chi connectivity index (χ2n) is 5.26. The van der Waals surface area contributed by atoms with Crippen LogP contribution in [0.5, 0.6) is 0 Å². The molecule has 0 unspecified atom stereocenters. The minimum Gasteiger partial charge on any atom is -0.300 e. The first kappa shape index (κ1) is 14.9. The fourth-order valence-corrected chi connectivity index (χ4v) is 3.79. The molecular weight excluding hydrogens is 236 g/mol. The van der Waals surface area contributed by atoms with Gasteiger partial charge in [-0.3, -0.25) is 0 Å². The zero-order chi connectivity index (χ0) is 12.9. The van der Waals surface area contributed by atoms with E-state index in [9.17, 15) is 8.42 Å². The lowest BCUT2D eigenvalue weighted by molar-refractivity contribution is 0.172. The molecule has 1 saturated heterocycles. The molecule has 0 bridgehead atoms. The van der Waals surface area contributed by atoms with E-state index >= 15 is 0 Å². The van der Waals surface area contributed by atoms with Crippen LogP contribution in [0.2, 0.25) is 0 Å². The molecule has 102 valence electrons. The van der Waals surface area contributed by atoms with E-state index in [1.807, 2.05) is 6.92 Å². The van der Waals surface area contributed by atoms with Crippen LogP contribution < -0.4 is 0 Å². The van der Waals surface area contributed by atoms with Gasteiger partial charge in [-0.1, -0.05) is 27.2 Å². The van der Waals surface area contributed by atoms with E-state index in [2.05, 4.69) is 18.7 Å². The Morgan fingerprint density at radius 1 is 1.12 bits per heavy atom. The van der Waals surface area contributed by atoms with Crippen molar-refractivity contribution in [2.24, 2.45) is 5.92 Å². The van der Waals surface area contributed by atoms with E-state index in [4.69, 9.17) is 0 Å². The molecule has 1 heterocycles. The molecule has 0 aromatic rings. The molecule has 0 atom stereocenters. The molecule has 0 radical (unpaired) electrons. The quantitative estimate of drug-likeness (QED) is 0.726. The molecule has 0 aromatic heterocycles. The molecule has 0 aromatic carbocycles. The van der Waals surface area contributed by atoms with Crippen molar-refractivity contribution < 1.29 is 8.42 Å². The Morgan fingerprint density at radius 2 is 1.71 bits per heavy atom. The highest BCUT2D eigenvalue weighted by molar-refractivity contribution is 7.89. The van der Waals surface area contributed by atoms with Crippen LogP contribution in [0.15, 0.2) is 0 Å². The zero-order valence-electron chi connectivity index (χ0n) is 11.4. The second kappa shape index (κ2) is 6.71. The number of hydrogen-bond donors (Lipinski definition) is 0. The molecule has 1 rings (SSSR count). The van der Waals surface area contributed by atoms with Gasteiger partial charge in [-0.25, -0.2) is 8.42 Å². The highest BCUT2D eigenvalue weighted by atomic mass is 32.2. The maximum atomic E-state index is 12.0. The third-order valence-electron chi connectivity index (χ3n) is 3.10. The summed E-state index contributed by atoms with van der Waals surface area (Å²) in [4.78, 5) is 2.36. The van der Waals surface area contributed by atoms with Crippen LogP contribution >= 0.6 is 0 Å². The van der Waals surface area contributed by atoms with Crippen LogP contribution in [-0.2, 0) is 10.0 Å². The van der Waals surface area contributed by atoms with Gasteiger partial charge in [0.05, 0.1) is 5.75 Å². The Morgan fingerprint density at radius 3 is 2.18 bits per heavy atom. The Bertz CT molecular complexity index is 306. The van der Waals surface area contributed by atoms with Gasteiger partial charge in [0, 0.05) is 32.7 Å². The molecule has 0 saturated carbocycles. The molecule has 1 aliphatic heterocycles. The molecule has 1 fully saturated rings. The predicted octanol–water partition coefficient (Wildman–Crippen LogP) is 1.39. The van der Waals surface area contributed by atoms with E-state index in [1.165, 1.54) is 0 Å². The summed E-state index contributed by atoms with van der Waals surface area (Å²) in [7, 11) is -2.99. The predicted molar refractivity (Wildman–Crippen MR) is 71.5 cm³/mol. The molecular formula is C12H26N2O2S. The molecule has 4 nitrogen and oxygen atoms in total. The lowest BCUT2D eigenvalue weighted by Crippen LogP contribution is -2.49. The summed E-state index contributed by atoms with van der Waals surface area (Å²) < 4.78 is 25.6. The monoisotopic (exact) mass is 262 g/mol. The van der Waals surface area contributed by atoms with Gasteiger partial charge < -0.3 is 4.90 Å². The molecule has 0 N–H and O–H groups in total. The number of rotatable bonds is 6. The number of sulfonamides is 1. The normalized spacial score (nSPS) is 20.0. The van der Waals surface area contributed by atoms with Gasteiger partial charge in [0.15, 0.2) is 0 Å². The van der Waals surface area contributed by atoms with E-state index in [0.29, 0.717) is 24.8 Å². The Hall–Kier alpha value is -0.130. The fraction of sp³-hybridized carbons (Fsp3) is 1.00. The van der Waals surface area contributed by atoms with Crippen LogP contribution in [0.1, 0.15) is 33.6 Å². The van der Waals surface area contributed by atoms with Crippen molar-refractivity contribution in [2.75, 3.05) is 38.5 Å². The molecule has 0 amide bonds. The van der Waals surface area contributed by atoms with Crippen LogP contribution in [0.4, 0.5) is 0 Å². The van der Waals surface area contributed by atoms with Crippen molar-refractivity contribution in [1.82, 2.24) is 9.21 Å². The SMILES string of the molecule is CCCCS(=O)(=O)N1CCN(CC(C)C)CC1. The van der Waals surface area contributed by atoms with E-state index in [1.54, 1.807) is 4.31 Å². The lowest BCUT2D eigenvalue weighted by atomic mass is 10.2. The number of unbranched alkanes of at least 4 members (excludes halogenated alkanes) is 1. The maximum absolute atomic E-state index is 12.0. The summed E-state index contributed by atoms with van der Waals surface area (Å²) in [6.45, 7) is 10.6. The van der Waals surface area contributed by atoms with Crippen LogP contribution in [-0.4, -0.2) is 56.1 Å². The third kappa shape index (κ3) is 4.94. The number of nitrogens with zero attached hydrogens (tertiary/aromatic N) is 2. The van der Waals surface area contributed by atoms with Crippen molar-refractivity contribution in [3.05, 3.63) is 0 Å². The van der Waals surface area contributed by atoms with Gasteiger partial charge in [-0.2, -0.15) is 4.31 Å². The Labute approximate surface area is 106 Å². The first-order chi connectivity index (χ1) is 7.95. The largest absolute Gasteiger partial charge is 0.300 e. The Kier molecular flexibility index (Phi) is 5.89. The fourth-order valence-electron chi connectivity index (χ4n) is 2.16. The standard InChI is InChI=1S/C12H26N2O2S/c1-4-5-10-17(15,16)14-8-6-13(7-9-14)11-12(2)3/h12H,4-11H2,1-3H3. The van der Waals surface area contributed by atoms with Crippen LogP contribution in [0.25, 0.3) is 0 Å². The van der Waals surface area contributed by atoms with E-state index in [0.717, 1.165) is 32.5 Å². The second-order valence-corrected chi connectivity index (χ2v) is 7.35. The van der Waals surface area contributed by atoms with Gasteiger partial charge >= 0.3 is 0 Å². The number of hydrogen-bond acceptors (Lipinski definition) is 3. The van der Waals surface area contributed by atoms with Crippen molar-refractivity contribution in [1.29, 1.82) is 0 Å². The van der Waals surface area contributed by atoms with Gasteiger partial charge in [-0.15, -0.1) is 0 Å². The van der Waals surface area contributed by atoms with Crippen molar-refractivity contribution in [3.8, 4) is 0 Å². The molecule has 1 aliphatic rings. The minimum atomic E-state index is -2.99. The lowest BCUT2D eigenvalue weighted by Gasteiger charge is -2.34. The van der Waals surface area contributed by atoms with Crippen molar-refractivity contribution in [3.63, 3.8) is 0 Å².